The number of rotatable bonds is 3. The smallest absolute Gasteiger partial charge is 0.423 e. The minimum Gasteiger partial charge on any atom is -0.423 e. The second-order valence-electron chi connectivity index (χ2n) is 5.14. The molecule has 0 heterocycles. The van der Waals surface area contributed by atoms with Crippen LogP contribution in [-0.2, 0) is 6.42 Å². The Morgan fingerprint density at radius 3 is 2.24 bits per heavy atom. The SMILES string of the molecule is CCc1c(C#N)ccc(B(O)O)c1[Si](C)(C)C. The van der Waals surface area contributed by atoms with Gasteiger partial charge in [0.2, 0.25) is 0 Å². The minimum atomic E-state index is -1.72. The molecule has 0 fully saturated rings. The second kappa shape index (κ2) is 5.05. The molecule has 0 saturated heterocycles. The molecule has 1 aromatic carbocycles. The van der Waals surface area contributed by atoms with Crippen molar-refractivity contribution in [2.45, 2.75) is 33.0 Å². The predicted octanol–water partition coefficient (Wildman–Crippen LogP) is 0.346. The Morgan fingerprint density at radius 2 is 1.88 bits per heavy atom. The third-order valence-electron chi connectivity index (χ3n) is 2.85. The van der Waals surface area contributed by atoms with Crippen molar-refractivity contribution in [3.63, 3.8) is 0 Å². The molecule has 0 aliphatic heterocycles. The Balaban J connectivity index is 3.64. The van der Waals surface area contributed by atoms with Crippen molar-refractivity contribution < 1.29 is 10.0 Å². The maximum absolute atomic E-state index is 9.45. The van der Waals surface area contributed by atoms with Crippen molar-refractivity contribution in [2.24, 2.45) is 0 Å². The summed E-state index contributed by atoms with van der Waals surface area (Å²) in [4.78, 5) is 0. The van der Waals surface area contributed by atoms with Gasteiger partial charge in [-0.2, -0.15) is 5.26 Å². The molecule has 1 rings (SSSR count). The Labute approximate surface area is 104 Å². The van der Waals surface area contributed by atoms with Crippen LogP contribution in [0.2, 0.25) is 19.6 Å². The summed E-state index contributed by atoms with van der Waals surface area (Å²) in [5, 5.41) is 29.0. The third kappa shape index (κ3) is 2.78. The van der Waals surface area contributed by atoms with Crippen LogP contribution in [0.25, 0.3) is 0 Å². The monoisotopic (exact) mass is 247 g/mol. The molecular formula is C12H18BNO2Si. The normalized spacial score (nSPS) is 11.1. The fourth-order valence-electron chi connectivity index (χ4n) is 2.24. The topological polar surface area (TPSA) is 64.2 Å². The number of nitrogens with zero attached hydrogens (tertiary/aromatic N) is 1. The van der Waals surface area contributed by atoms with Gasteiger partial charge in [0.1, 0.15) is 0 Å². The maximum atomic E-state index is 9.45. The number of benzene rings is 1. The van der Waals surface area contributed by atoms with Crippen molar-refractivity contribution in [1.29, 1.82) is 5.26 Å². The summed E-state index contributed by atoms with van der Waals surface area (Å²) in [5.74, 6) is 0. The first-order valence-corrected chi connectivity index (χ1v) is 9.25. The molecule has 90 valence electrons. The van der Waals surface area contributed by atoms with E-state index >= 15 is 0 Å². The Morgan fingerprint density at radius 1 is 1.29 bits per heavy atom. The van der Waals surface area contributed by atoms with Gasteiger partial charge >= 0.3 is 7.12 Å². The minimum absolute atomic E-state index is 0.556. The van der Waals surface area contributed by atoms with E-state index in [-0.39, 0.29) is 0 Å². The van der Waals surface area contributed by atoms with Crippen LogP contribution >= 0.6 is 0 Å². The molecule has 0 aliphatic rings. The van der Waals surface area contributed by atoms with Crippen molar-refractivity contribution in [3.8, 4) is 6.07 Å². The molecule has 3 nitrogen and oxygen atoms in total. The second-order valence-corrected chi connectivity index (χ2v) is 10.1. The standard InChI is InChI=1S/C12H18BNO2Si/c1-5-10-9(8-14)6-7-11(13(15)16)12(10)17(2,3)4/h6-7,15-16H,5H2,1-4H3. The zero-order valence-electron chi connectivity index (χ0n) is 10.8. The number of nitriles is 1. The Hall–Kier alpha value is -1.09. The van der Waals surface area contributed by atoms with E-state index in [9.17, 15) is 10.0 Å². The van der Waals surface area contributed by atoms with Gasteiger partial charge in [0.25, 0.3) is 0 Å². The van der Waals surface area contributed by atoms with Gasteiger partial charge in [0.05, 0.1) is 19.7 Å². The first kappa shape index (κ1) is 14.0. The highest BCUT2D eigenvalue weighted by Gasteiger charge is 2.29. The van der Waals surface area contributed by atoms with Crippen molar-refractivity contribution in [1.82, 2.24) is 0 Å². The van der Waals surface area contributed by atoms with Gasteiger partial charge in [-0.3, -0.25) is 0 Å². The van der Waals surface area contributed by atoms with Crippen LogP contribution in [-0.4, -0.2) is 25.2 Å². The van der Waals surface area contributed by atoms with E-state index in [2.05, 4.69) is 25.7 Å². The van der Waals surface area contributed by atoms with Gasteiger partial charge < -0.3 is 10.0 Å². The van der Waals surface area contributed by atoms with E-state index in [0.717, 1.165) is 17.2 Å². The summed E-state index contributed by atoms with van der Waals surface area (Å²) in [7, 11) is -3.19. The van der Waals surface area contributed by atoms with Gasteiger partial charge in [0.15, 0.2) is 0 Å². The molecule has 0 aromatic heterocycles. The molecule has 5 heteroatoms. The zero-order chi connectivity index (χ0) is 13.2. The van der Waals surface area contributed by atoms with Crippen molar-refractivity contribution in [3.05, 3.63) is 23.3 Å². The van der Waals surface area contributed by atoms with Gasteiger partial charge in [-0.05, 0) is 23.5 Å². The average Bonchev–Trinajstić information content (AvgIpc) is 2.25. The quantitative estimate of drug-likeness (QED) is 0.757. The lowest BCUT2D eigenvalue weighted by Gasteiger charge is -2.25. The summed E-state index contributed by atoms with van der Waals surface area (Å²) in [5.41, 5.74) is 2.17. The molecule has 0 bridgehead atoms. The van der Waals surface area contributed by atoms with Crippen LogP contribution in [0.4, 0.5) is 0 Å². The van der Waals surface area contributed by atoms with E-state index < -0.39 is 15.2 Å². The van der Waals surface area contributed by atoms with Gasteiger partial charge in [-0.1, -0.05) is 37.8 Å². The van der Waals surface area contributed by atoms with Gasteiger partial charge in [-0.25, -0.2) is 0 Å². The summed E-state index contributed by atoms with van der Waals surface area (Å²) < 4.78 is 0. The zero-order valence-corrected chi connectivity index (χ0v) is 11.8. The molecule has 17 heavy (non-hydrogen) atoms. The Kier molecular flexibility index (Phi) is 4.15. The third-order valence-corrected chi connectivity index (χ3v) is 4.94. The maximum Gasteiger partial charge on any atom is 0.488 e. The lowest BCUT2D eigenvalue weighted by atomic mass is 9.78. The van der Waals surface area contributed by atoms with Gasteiger partial charge in [0, 0.05) is 0 Å². The molecule has 0 radical (unpaired) electrons. The van der Waals surface area contributed by atoms with Gasteiger partial charge in [-0.15, -0.1) is 0 Å². The molecule has 0 spiro atoms. The van der Waals surface area contributed by atoms with E-state index in [1.54, 1.807) is 12.1 Å². The Bertz CT molecular complexity index is 461. The van der Waals surface area contributed by atoms with E-state index in [0.29, 0.717) is 11.0 Å². The molecule has 0 aliphatic carbocycles. The highest BCUT2D eigenvalue weighted by Crippen LogP contribution is 2.11. The summed E-state index contributed by atoms with van der Waals surface area (Å²) in [6.45, 7) is 8.44. The van der Waals surface area contributed by atoms with Crippen molar-refractivity contribution in [2.75, 3.05) is 0 Å². The highest BCUT2D eigenvalue weighted by molar-refractivity contribution is 6.92. The fourth-order valence-corrected chi connectivity index (χ4v) is 4.53. The van der Waals surface area contributed by atoms with Crippen molar-refractivity contribution >= 4 is 25.8 Å². The number of hydrogen-bond donors (Lipinski definition) is 2. The molecule has 2 N–H and O–H groups in total. The van der Waals surface area contributed by atoms with E-state index in [1.807, 2.05) is 6.92 Å². The number of hydrogen-bond acceptors (Lipinski definition) is 3. The molecule has 0 amide bonds. The molecule has 0 unspecified atom stereocenters. The average molecular weight is 247 g/mol. The van der Waals surface area contributed by atoms with Crippen LogP contribution in [0, 0.1) is 11.3 Å². The summed E-state index contributed by atoms with van der Waals surface area (Å²) in [6, 6.07) is 5.52. The highest BCUT2D eigenvalue weighted by atomic mass is 28.3. The lowest BCUT2D eigenvalue weighted by Crippen LogP contribution is -2.55. The van der Waals surface area contributed by atoms with E-state index in [1.165, 1.54) is 0 Å². The first-order valence-electron chi connectivity index (χ1n) is 5.75. The van der Waals surface area contributed by atoms with Crippen LogP contribution in [0.5, 0.6) is 0 Å². The summed E-state index contributed by atoms with van der Waals surface area (Å²) in [6.07, 6.45) is 0.739. The van der Waals surface area contributed by atoms with E-state index in [4.69, 9.17) is 5.26 Å². The molecular weight excluding hydrogens is 229 g/mol. The first-order chi connectivity index (χ1) is 7.82. The lowest BCUT2D eigenvalue weighted by molar-refractivity contribution is 0.426. The van der Waals surface area contributed by atoms with Crippen LogP contribution in [0.3, 0.4) is 0 Å². The molecule has 0 atom stereocenters. The molecule has 1 aromatic rings. The van der Waals surface area contributed by atoms with Crippen LogP contribution in [0.1, 0.15) is 18.1 Å². The van der Waals surface area contributed by atoms with Crippen LogP contribution in [0.15, 0.2) is 12.1 Å². The summed E-state index contributed by atoms with van der Waals surface area (Å²) >= 11 is 0. The molecule has 0 saturated carbocycles. The predicted molar refractivity (Wildman–Crippen MR) is 73.3 cm³/mol. The van der Waals surface area contributed by atoms with Crippen LogP contribution < -0.4 is 10.6 Å². The fraction of sp³-hybridized carbons (Fsp3) is 0.417. The largest absolute Gasteiger partial charge is 0.488 e.